The third kappa shape index (κ3) is 1.10. The summed E-state index contributed by atoms with van der Waals surface area (Å²) in [5.41, 5.74) is 0.631. The van der Waals surface area contributed by atoms with Crippen molar-refractivity contribution in [1.82, 2.24) is 0 Å². The van der Waals surface area contributed by atoms with Crippen LogP contribution in [0.5, 0.6) is 5.75 Å². The Morgan fingerprint density at radius 3 is 2.83 bits per heavy atom. The van der Waals surface area contributed by atoms with E-state index in [1.807, 2.05) is 12.1 Å². The average Bonchev–Trinajstić information content (AvgIpc) is 2.32. The van der Waals surface area contributed by atoms with Gasteiger partial charge in [0, 0.05) is 0 Å². The molecule has 0 saturated carbocycles. The summed E-state index contributed by atoms with van der Waals surface area (Å²) in [5, 5.41) is -0.522. The van der Waals surface area contributed by atoms with Gasteiger partial charge in [0.05, 0.1) is 10.0 Å². The predicted molar refractivity (Wildman–Crippen MR) is 51.8 cm³/mol. The van der Waals surface area contributed by atoms with Crippen LogP contribution >= 0.6 is 31.9 Å². The number of benzene rings is 1. The van der Waals surface area contributed by atoms with Crippen LogP contribution in [0, 0.1) is 0 Å². The summed E-state index contributed by atoms with van der Waals surface area (Å²) < 4.78 is 6.09. The van der Waals surface area contributed by atoms with Crippen LogP contribution < -0.4 is 4.74 Å². The fourth-order valence-electron chi connectivity index (χ4n) is 1.10. The van der Waals surface area contributed by atoms with Gasteiger partial charge < -0.3 is 4.74 Å². The minimum absolute atomic E-state index is 0.0219. The molecule has 0 aromatic heterocycles. The van der Waals surface area contributed by atoms with Gasteiger partial charge in [-0.1, -0.05) is 6.07 Å². The first-order valence-corrected chi connectivity index (χ1v) is 5.04. The molecule has 1 aliphatic heterocycles. The van der Waals surface area contributed by atoms with Gasteiger partial charge in [-0.2, -0.15) is 0 Å². The third-order valence-corrected chi connectivity index (χ3v) is 2.89. The van der Waals surface area contributed by atoms with Crippen molar-refractivity contribution in [3.8, 4) is 5.75 Å². The number of alkyl halides is 1. The van der Waals surface area contributed by atoms with E-state index in [0.29, 0.717) is 11.3 Å². The molecule has 1 heterocycles. The highest BCUT2D eigenvalue weighted by Gasteiger charge is 2.31. The number of fused-ring (bicyclic) bond motifs is 1. The molecule has 0 unspecified atom stereocenters. The lowest BCUT2D eigenvalue weighted by Crippen LogP contribution is -2.10. The van der Waals surface area contributed by atoms with E-state index in [1.165, 1.54) is 0 Å². The maximum absolute atomic E-state index is 11.4. The average molecular weight is 292 g/mol. The molecule has 0 aliphatic carbocycles. The van der Waals surface area contributed by atoms with Crippen molar-refractivity contribution in [2.75, 3.05) is 0 Å². The molecule has 0 spiro atoms. The summed E-state index contributed by atoms with van der Waals surface area (Å²) in [6, 6.07) is 5.41. The maximum Gasteiger partial charge on any atom is 0.218 e. The summed E-state index contributed by atoms with van der Waals surface area (Å²) in [7, 11) is 0. The highest BCUT2D eigenvalue weighted by molar-refractivity contribution is 9.10. The van der Waals surface area contributed by atoms with Crippen molar-refractivity contribution in [1.29, 1.82) is 0 Å². The molecular formula is C8H4Br2O2. The number of halogens is 2. The van der Waals surface area contributed by atoms with Gasteiger partial charge in [0.2, 0.25) is 10.8 Å². The zero-order chi connectivity index (χ0) is 8.72. The zero-order valence-electron chi connectivity index (χ0n) is 5.88. The molecule has 2 nitrogen and oxygen atoms in total. The number of para-hydroxylation sites is 1. The Morgan fingerprint density at radius 2 is 2.17 bits per heavy atom. The van der Waals surface area contributed by atoms with Gasteiger partial charge in [0.15, 0.2) is 0 Å². The fourth-order valence-corrected chi connectivity index (χ4v) is 2.00. The number of hydrogen-bond donors (Lipinski definition) is 0. The molecule has 4 heteroatoms. The fraction of sp³-hybridized carbons (Fsp3) is 0.125. The van der Waals surface area contributed by atoms with Crippen LogP contribution in [-0.2, 0) is 0 Å². The molecule has 0 radical (unpaired) electrons. The molecule has 0 bridgehead atoms. The first-order chi connectivity index (χ1) is 5.70. The Balaban J connectivity index is 2.61. The molecule has 0 fully saturated rings. The second kappa shape index (κ2) is 2.85. The highest BCUT2D eigenvalue weighted by Crippen LogP contribution is 2.37. The predicted octanol–water partition coefficient (Wildman–Crippen LogP) is 2.75. The minimum atomic E-state index is -0.522. The van der Waals surface area contributed by atoms with Crippen molar-refractivity contribution in [3.05, 3.63) is 28.2 Å². The zero-order valence-corrected chi connectivity index (χ0v) is 9.05. The van der Waals surface area contributed by atoms with Crippen LogP contribution in [0.25, 0.3) is 0 Å². The van der Waals surface area contributed by atoms with Crippen molar-refractivity contribution in [2.24, 2.45) is 0 Å². The van der Waals surface area contributed by atoms with E-state index >= 15 is 0 Å². The molecule has 1 aromatic rings. The lowest BCUT2D eigenvalue weighted by molar-refractivity contribution is 0.0942. The lowest BCUT2D eigenvalue weighted by atomic mass is 10.1. The second-order valence-electron chi connectivity index (χ2n) is 2.41. The van der Waals surface area contributed by atoms with Crippen molar-refractivity contribution in [2.45, 2.75) is 5.01 Å². The first-order valence-electron chi connectivity index (χ1n) is 3.33. The number of ether oxygens (including phenoxy) is 1. The van der Waals surface area contributed by atoms with Crippen LogP contribution in [-0.4, -0.2) is 10.8 Å². The molecule has 12 heavy (non-hydrogen) atoms. The van der Waals surface area contributed by atoms with Gasteiger partial charge in [0.25, 0.3) is 0 Å². The van der Waals surface area contributed by atoms with E-state index in [1.54, 1.807) is 6.07 Å². The molecular weight excluding hydrogens is 288 g/mol. The summed E-state index contributed by atoms with van der Waals surface area (Å²) in [4.78, 5) is 11.4. The smallest absolute Gasteiger partial charge is 0.218 e. The van der Waals surface area contributed by atoms with Gasteiger partial charge in [-0.3, -0.25) is 4.79 Å². The molecule has 0 amide bonds. The van der Waals surface area contributed by atoms with Crippen molar-refractivity contribution < 1.29 is 9.53 Å². The Kier molecular flexibility index (Phi) is 1.96. The summed E-state index contributed by atoms with van der Waals surface area (Å²) in [6.45, 7) is 0. The Hall–Kier alpha value is -0.350. The molecule has 62 valence electrons. The van der Waals surface area contributed by atoms with Gasteiger partial charge in [-0.15, -0.1) is 0 Å². The first kappa shape index (κ1) is 8.26. The van der Waals surface area contributed by atoms with E-state index < -0.39 is 5.01 Å². The SMILES string of the molecule is O=C1c2cccc(Br)c2O[C@H]1Br. The van der Waals surface area contributed by atoms with Gasteiger partial charge in [0.1, 0.15) is 5.75 Å². The number of carbonyl (C=O) groups excluding carboxylic acids is 1. The molecule has 1 aromatic carbocycles. The monoisotopic (exact) mass is 290 g/mol. The van der Waals surface area contributed by atoms with E-state index in [4.69, 9.17) is 4.74 Å². The van der Waals surface area contributed by atoms with Crippen molar-refractivity contribution in [3.63, 3.8) is 0 Å². The maximum atomic E-state index is 11.4. The van der Waals surface area contributed by atoms with Gasteiger partial charge >= 0.3 is 0 Å². The standard InChI is InChI=1S/C8H4Br2O2/c9-5-3-1-2-4-6(11)8(10)12-7(4)5/h1-3,8H/t8-/m1/s1. The normalized spacial score (nSPS) is 20.5. The number of hydrogen-bond acceptors (Lipinski definition) is 2. The lowest BCUT2D eigenvalue weighted by Gasteiger charge is -2.00. The van der Waals surface area contributed by atoms with Crippen molar-refractivity contribution >= 4 is 37.6 Å². The van der Waals surface area contributed by atoms with E-state index in [-0.39, 0.29) is 5.78 Å². The summed E-state index contributed by atoms with van der Waals surface area (Å²) in [5.74, 6) is 0.607. The molecule has 0 saturated heterocycles. The number of rotatable bonds is 0. The van der Waals surface area contributed by atoms with Gasteiger partial charge in [-0.05, 0) is 44.0 Å². The van der Waals surface area contributed by atoms with Crippen LogP contribution in [0.2, 0.25) is 0 Å². The van der Waals surface area contributed by atoms with Crippen LogP contribution in [0.3, 0.4) is 0 Å². The Morgan fingerprint density at radius 1 is 1.42 bits per heavy atom. The molecule has 2 rings (SSSR count). The Labute approximate surface area is 86.2 Å². The molecule has 1 aliphatic rings. The van der Waals surface area contributed by atoms with Crippen LogP contribution in [0.4, 0.5) is 0 Å². The van der Waals surface area contributed by atoms with Gasteiger partial charge in [-0.25, -0.2) is 0 Å². The minimum Gasteiger partial charge on any atom is -0.469 e. The van der Waals surface area contributed by atoms with E-state index in [9.17, 15) is 4.79 Å². The second-order valence-corrected chi connectivity index (χ2v) is 4.10. The molecule has 1 atom stereocenters. The number of ketones is 1. The largest absolute Gasteiger partial charge is 0.469 e. The quantitative estimate of drug-likeness (QED) is 0.687. The Bertz CT molecular complexity index is 349. The topological polar surface area (TPSA) is 26.3 Å². The van der Waals surface area contributed by atoms with Crippen LogP contribution in [0.15, 0.2) is 22.7 Å². The summed E-state index contributed by atoms with van der Waals surface area (Å²) in [6.07, 6.45) is 0. The summed E-state index contributed by atoms with van der Waals surface area (Å²) >= 11 is 6.43. The van der Waals surface area contributed by atoms with E-state index in [2.05, 4.69) is 31.9 Å². The highest BCUT2D eigenvalue weighted by atomic mass is 79.9. The van der Waals surface area contributed by atoms with E-state index in [0.717, 1.165) is 4.47 Å². The third-order valence-electron chi connectivity index (χ3n) is 1.66. The number of Topliss-reactive ketones (excluding diaryl/α,β-unsaturated/α-hetero) is 1. The van der Waals surface area contributed by atoms with Crippen LogP contribution in [0.1, 0.15) is 10.4 Å². The number of carbonyl (C=O) groups is 1. The molecule has 0 N–H and O–H groups in total.